The van der Waals surface area contributed by atoms with Gasteiger partial charge < -0.3 is 21.3 Å². The molecular weight excluding hydrogens is 234 g/mol. The summed E-state index contributed by atoms with van der Waals surface area (Å²) in [4.78, 5) is 13.0. The third-order valence-electron chi connectivity index (χ3n) is 3.30. The molecule has 0 aromatic heterocycles. The smallest absolute Gasteiger partial charge is 0.231 e. The topological polar surface area (TPSA) is 98.8 Å². The molecule has 6 heteroatoms. The van der Waals surface area contributed by atoms with E-state index in [0.29, 0.717) is 12.0 Å². The van der Waals surface area contributed by atoms with Crippen molar-refractivity contribution in [3.8, 4) is 0 Å². The number of hydrogen-bond acceptors (Lipinski definition) is 5. The highest BCUT2D eigenvalue weighted by Gasteiger charge is 2.27. The Hall–Kier alpha value is -0.690. The van der Waals surface area contributed by atoms with Crippen LogP contribution in [0.4, 0.5) is 0 Å². The van der Waals surface area contributed by atoms with E-state index in [4.69, 9.17) is 15.9 Å². The van der Waals surface area contributed by atoms with Crippen molar-refractivity contribution in [1.82, 2.24) is 10.2 Å². The van der Waals surface area contributed by atoms with E-state index in [-0.39, 0.29) is 25.7 Å². The van der Waals surface area contributed by atoms with E-state index in [0.717, 1.165) is 38.9 Å². The first kappa shape index (κ1) is 15.4. The molecule has 1 fully saturated rings. The van der Waals surface area contributed by atoms with Gasteiger partial charge in [0.05, 0.1) is 6.54 Å². The Labute approximate surface area is 108 Å². The monoisotopic (exact) mass is 259 g/mol. The minimum atomic E-state index is -0.311. The van der Waals surface area contributed by atoms with E-state index in [1.807, 2.05) is 4.90 Å². The van der Waals surface area contributed by atoms with Crippen molar-refractivity contribution in [3.63, 3.8) is 0 Å². The van der Waals surface area contributed by atoms with Crippen LogP contribution in [0.15, 0.2) is 0 Å². The molecule has 1 heterocycles. The van der Waals surface area contributed by atoms with Crippen LogP contribution in [0.5, 0.6) is 0 Å². The molecule has 6 nitrogen and oxygen atoms in total. The predicted octanol–water partition coefficient (Wildman–Crippen LogP) is -1.48. The highest BCUT2D eigenvalue weighted by Crippen LogP contribution is 2.19. The number of hydrogen-bond donors (Lipinski definition) is 4. The number of carbonyl (C=O) groups is 1. The maximum absolute atomic E-state index is 11.0. The van der Waals surface area contributed by atoms with Gasteiger partial charge in [0, 0.05) is 32.3 Å². The molecule has 106 valence electrons. The second kappa shape index (κ2) is 8.42. The lowest BCUT2D eigenvalue weighted by Gasteiger charge is -2.37. The summed E-state index contributed by atoms with van der Waals surface area (Å²) in [6, 6.07) is 0.307. The van der Waals surface area contributed by atoms with E-state index in [1.54, 1.807) is 0 Å². The number of aliphatic hydroxyl groups excluding tert-OH is 2. The van der Waals surface area contributed by atoms with Gasteiger partial charge in [0.1, 0.15) is 0 Å². The molecule has 5 N–H and O–H groups in total. The molecule has 0 aliphatic carbocycles. The Morgan fingerprint density at radius 3 is 2.72 bits per heavy atom. The quantitative estimate of drug-likeness (QED) is 0.398. The third kappa shape index (κ3) is 5.77. The van der Waals surface area contributed by atoms with Gasteiger partial charge in [-0.1, -0.05) is 0 Å². The third-order valence-corrected chi connectivity index (χ3v) is 3.30. The zero-order valence-electron chi connectivity index (χ0n) is 10.8. The summed E-state index contributed by atoms with van der Waals surface area (Å²) in [7, 11) is 0. The molecule has 2 atom stereocenters. The fraction of sp³-hybridized carbons (Fsp3) is 0.917. The number of nitrogens with one attached hydrogen (secondary N) is 1. The molecule has 1 amide bonds. The predicted molar refractivity (Wildman–Crippen MR) is 68.9 cm³/mol. The van der Waals surface area contributed by atoms with Crippen LogP contribution >= 0.6 is 0 Å². The highest BCUT2D eigenvalue weighted by atomic mass is 16.3. The first-order valence-corrected chi connectivity index (χ1v) is 6.61. The molecule has 1 saturated heterocycles. The van der Waals surface area contributed by atoms with Gasteiger partial charge >= 0.3 is 0 Å². The van der Waals surface area contributed by atoms with Gasteiger partial charge in [0.15, 0.2) is 0 Å². The molecule has 2 unspecified atom stereocenters. The minimum Gasteiger partial charge on any atom is -0.396 e. The molecule has 0 aromatic carbocycles. The summed E-state index contributed by atoms with van der Waals surface area (Å²) in [5, 5.41) is 21.2. The minimum absolute atomic E-state index is 0.179. The number of nitrogens with two attached hydrogens (primary N) is 1. The maximum Gasteiger partial charge on any atom is 0.231 e. The zero-order chi connectivity index (χ0) is 13.4. The van der Waals surface area contributed by atoms with Crippen LogP contribution < -0.4 is 11.1 Å². The Morgan fingerprint density at radius 1 is 1.33 bits per heavy atom. The van der Waals surface area contributed by atoms with Crippen molar-refractivity contribution >= 4 is 5.91 Å². The SMILES string of the molecule is NC(=O)CN1CC(CCO)CC(NCCCO)C1. The van der Waals surface area contributed by atoms with Crippen LogP contribution in [-0.2, 0) is 4.79 Å². The number of nitrogens with zero attached hydrogens (tertiary/aromatic N) is 1. The van der Waals surface area contributed by atoms with Crippen LogP contribution in [0.1, 0.15) is 19.3 Å². The van der Waals surface area contributed by atoms with Crippen molar-refractivity contribution in [3.05, 3.63) is 0 Å². The van der Waals surface area contributed by atoms with Gasteiger partial charge in [-0.05, 0) is 31.7 Å². The first-order chi connectivity index (χ1) is 8.65. The van der Waals surface area contributed by atoms with Crippen molar-refractivity contribution in [1.29, 1.82) is 0 Å². The molecule has 18 heavy (non-hydrogen) atoms. The molecule has 0 aromatic rings. The number of carbonyl (C=O) groups excluding carboxylic acids is 1. The van der Waals surface area contributed by atoms with Gasteiger partial charge in [0.2, 0.25) is 5.91 Å². The Kier molecular flexibility index (Phi) is 7.19. The zero-order valence-corrected chi connectivity index (χ0v) is 10.8. The maximum atomic E-state index is 11.0. The number of primary amides is 1. The van der Waals surface area contributed by atoms with Crippen molar-refractivity contribution < 1.29 is 15.0 Å². The number of likely N-dealkylation sites (tertiary alicyclic amines) is 1. The van der Waals surface area contributed by atoms with E-state index in [1.165, 1.54) is 0 Å². The van der Waals surface area contributed by atoms with Gasteiger partial charge in [-0.2, -0.15) is 0 Å². The highest BCUT2D eigenvalue weighted by molar-refractivity contribution is 5.75. The van der Waals surface area contributed by atoms with Crippen LogP contribution in [0, 0.1) is 5.92 Å². The van der Waals surface area contributed by atoms with Gasteiger partial charge in [-0.3, -0.25) is 9.69 Å². The summed E-state index contributed by atoms with van der Waals surface area (Å²) in [5.41, 5.74) is 5.23. The Balaban J connectivity index is 2.42. The van der Waals surface area contributed by atoms with Crippen molar-refractivity contribution in [2.45, 2.75) is 25.3 Å². The molecule has 1 aliphatic rings. The molecule has 1 rings (SSSR count). The summed E-state index contributed by atoms with van der Waals surface area (Å²) >= 11 is 0. The largest absolute Gasteiger partial charge is 0.396 e. The molecule has 1 aliphatic heterocycles. The van der Waals surface area contributed by atoms with Gasteiger partial charge in [-0.25, -0.2) is 0 Å². The molecular formula is C12H25N3O3. The molecule has 0 saturated carbocycles. The number of rotatable bonds is 8. The lowest BCUT2D eigenvalue weighted by Crippen LogP contribution is -2.51. The molecule has 0 spiro atoms. The lowest BCUT2D eigenvalue weighted by molar-refractivity contribution is -0.119. The average molecular weight is 259 g/mol. The van der Waals surface area contributed by atoms with Gasteiger partial charge in [-0.15, -0.1) is 0 Å². The lowest BCUT2D eigenvalue weighted by atomic mass is 9.91. The van der Waals surface area contributed by atoms with Crippen LogP contribution in [0.25, 0.3) is 0 Å². The average Bonchev–Trinajstić information content (AvgIpc) is 2.28. The van der Waals surface area contributed by atoms with Crippen LogP contribution in [0.3, 0.4) is 0 Å². The fourth-order valence-corrected chi connectivity index (χ4v) is 2.58. The summed E-state index contributed by atoms with van der Waals surface area (Å²) in [5.74, 6) is 0.0866. The summed E-state index contributed by atoms with van der Waals surface area (Å²) in [6.07, 6.45) is 2.49. The normalized spacial score (nSPS) is 25.2. The van der Waals surface area contributed by atoms with Crippen LogP contribution in [0.2, 0.25) is 0 Å². The first-order valence-electron chi connectivity index (χ1n) is 6.61. The van der Waals surface area contributed by atoms with E-state index >= 15 is 0 Å². The summed E-state index contributed by atoms with van der Waals surface area (Å²) in [6.45, 7) is 3.04. The second-order valence-electron chi connectivity index (χ2n) is 5.00. The van der Waals surface area contributed by atoms with E-state index in [9.17, 15) is 4.79 Å². The van der Waals surface area contributed by atoms with Crippen molar-refractivity contribution in [2.24, 2.45) is 11.7 Å². The molecule has 0 radical (unpaired) electrons. The van der Waals surface area contributed by atoms with Crippen LogP contribution in [-0.4, -0.2) is 66.5 Å². The number of amides is 1. The van der Waals surface area contributed by atoms with E-state index < -0.39 is 0 Å². The van der Waals surface area contributed by atoms with E-state index in [2.05, 4.69) is 5.32 Å². The van der Waals surface area contributed by atoms with Crippen molar-refractivity contribution in [2.75, 3.05) is 39.4 Å². The standard InChI is InChI=1S/C12H25N3O3/c13-12(18)9-15-7-10(2-5-17)6-11(8-15)14-3-1-4-16/h10-11,14,16-17H,1-9H2,(H2,13,18). The molecule has 0 bridgehead atoms. The Morgan fingerprint density at radius 2 is 2.11 bits per heavy atom. The Bertz CT molecular complexity index is 251. The second-order valence-corrected chi connectivity index (χ2v) is 5.00. The van der Waals surface area contributed by atoms with Gasteiger partial charge in [0.25, 0.3) is 0 Å². The fourth-order valence-electron chi connectivity index (χ4n) is 2.58. The number of piperidine rings is 1. The summed E-state index contributed by atoms with van der Waals surface area (Å²) < 4.78 is 0. The number of aliphatic hydroxyl groups is 2.